The second-order valence-corrected chi connectivity index (χ2v) is 4.52. The Bertz CT molecular complexity index is 412. The van der Waals surface area contributed by atoms with Crippen LogP contribution in [0.1, 0.15) is 0 Å². The van der Waals surface area contributed by atoms with Crippen LogP contribution in [0.15, 0.2) is 48.8 Å². The minimum atomic E-state index is -3.99. The molecule has 4 heteroatoms. The molecular weight excluding hydrogens is 220 g/mol. The summed E-state index contributed by atoms with van der Waals surface area (Å²) < 4.78 is 27.5. The third kappa shape index (κ3) is 1.79. The van der Waals surface area contributed by atoms with Crippen LogP contribution in [0.3, 0.4) is 0 Å². The van der Waals surface area contributed by atoms with Crippen molar-refractivity contribution in [2.75, 3.05) is 0 Å². The molecule has 14 heavy (non-hydrogen) atoms. The first-order valence-corrected chi connectivity index (χ1v) is 6.16. The summed E-state index contributed by atoms with van der Waals surface area (Å²) in [6.07, 6.45) is 3.56. The minimum absolute atomic E-state index is 0.226. The van der Waals surface area contributed by atoms with Crippen LogP contribution in [0, 0.1) is 0 Å². The quantitative estimate of drug-likeness (QED) is 0.696. The van der Waals surface area contributed by atoms with E-state index in [2.05, 4.69) is 0 Å². The molecule has 1 aromatic carbocycles. The van der Waals surface area contributed by atoms with Crippen LogP contribution in [0.2, 0.25) is 0 Å². The van der Waals surface area contributed by atoms with E-state index in [1.807, 2.05) is 12.1 Å². The van der Waals surface area contributed by atoms with Crippen LogP contribution in [0.4, 0.5) is 6.18 Å². The molecule has 0 aliphatic carbocycles. The fourth-order valence-corrected chi connectivity index (χ4v) is 2.33. The van der Waals surface area contributed by atoms with E-state index in [9.17, 15) is 6.18 Å². The van der Waals surface area contributed by atoms with Gasteiger partial charge in [-0.1, -0.05) is 0 Å². The predicted molar refractivity (Wildman–Crippen MR) is 47.6 cm³/mol. The van der Waals surface area contributed by atoms with Crippen molar-refractivity contribution < 1.29 is 25.1 Å². The van der Waals surface area contributed by atoms with Gasteiger partial charge in [-0.05, 0) is 0 Å². The zero-order valence-electron chi connectivity index (χ0n) is 7.32. The van der Waals surface area contributed by atoms with Crippen molar-refractivity contribution in [1.82, 2.24) is 4.57 Å². The maximum absolute atomic E-state index is 12.8. The summed E-state index contributed by atoms with van der Waals surface area (Å²) in [6.45, 7) is 0. The van der Waals surface area contributed by atoms with E-state index in [0.29, 0.717) is 5.69 Å². The molecule has 0 radical (unpaired) electrons. The summed E-state index contributed by atoms with van der Waals surface area (Å²) in [5.41, 5.74) is 0.609. The van der Waals surface area contributed by atoms with Gasteiger partial charge in [0.15, 0.2) is 0 Å². The molecule has 1 aromatic heterocycles. The van der Waals surface area contributed by atoms with E-state index in [-0.39, 0.29) is 3.87 Å². The average Bonchev–Trinajstić information content (AvgIpc) is 2.70. The normalized spacial score (nSPS) is 10.1. The van der Waals surface area contributed by atoms with Gasteiger partial charge in [-0.3, -0.25) is 0 Å². The monoisotopic (exact) mass is 228 g/mol. The SMILES string of the molecule is [F][Ti]([F])[c]1ccccc1-n1cccc1. The number of hydrogen-bond donors (Lipinski definition) is 0. The van der Waals surface area contributed by atoms with Gasteiger partial charge in [-0.15, -0.1) is 0 Å². The fourth-order valence-electron chi connectivity index (χ4n) is 1.35. The predicted octanol–water partition coefficient (Wildman–Crippen LogP) is 2.49. The first kappa shape index (κ1) is 9.62. The number of hydrogen-bond acceptors (Lipinski definition) is 0. The van der Waals surface area contributed by atoms with Crippen LogP contribution >= 0.6 is 0 Å². The van der Waals surface area contributed by atoms with Crippen molar-refractivity contribution >= 4 is 3.87 Å². The van der Waals surface area contributed by atoms with Crippen molar-refractivity contribution in [3.63, 3.8) is 0 Å². The van der Waals surface area contributed by atoms with Crippen molar-refractivity contribution in [3.05, 3.63) is 48.8 Å². The molecule has 0 atom stereocenters. The molecule has 71 valence electrons. The Balaban J connectivity index is 2.53. The van der Waals surface area contributed by atoms with Crippen LogP contribution in [0.5, 0.6) is 0 Å². The molecule has 1 nitrogen and oxygen atoms in total. The van der Waals surface area contributed by atoms with Crippen LogP contribution in [-0.4, -0.2) is 4.57 Å². The summed E-state index contributed by atoms with van der Waals surface area (Å²) in [5.74, 6) is 0. The summed E-state index contributed by atoms with van der Waals surface area (Å²) in [5, 5.41) is 0. The molecular formula is C10H8F2NTi. The van der Waals surface area contributed by atoms with Crippen molar-refractivity contribution in [3.8, 4) is 5.69 Å². The molecule has 0 saturated heterocycles. The molecule has 0 N–H and O–H groups in total. The third-order valence-electron chi connectivity index (χ3n) is 1.99. The van der Waals surface area contributed by atoms with E-state index in [0.717, 1.165) is 0 Å². The molecule has 0 amide bonds. The number of halogens is 2. The van der Waals surface area contributed by atoms with Gasteiger partial charge in [0.2, 0.25) is 0 Å². The second-order valence-electron chi connectivity index (χ2n) is 2.87. The van der Waals surface area contributed by atoms with Crippen LogP contribution < -0.4 is 3.87 Å². The van der Waals surface area contributed by atoms with Gasteiger partial charge >= 0.3 is 88.0 Å². The first-order chi connectivity index (χ1) is 6.79. The zero-order valence-corrected chi connectivity index (χ0v) is 8.88. The Morgan fingerprint density at radius 2 is 1.57 bits per heavy atom. The van der Waals surface area contributed by atoms with Gasteiger partial charge < -0.3 is 0 Å². The Kier molecular flexibility index (Phi) is 2.80. The standard InChI is InChI=1S/C10H8N.2FH.Ti/c1-2-6-10(7-3-1)11-8-4-5-9-11;;;/h1-6,8-9H;2*1H;/q;;;+2/p-2. The number of rotatable bonds is 2. The Morgan fingerprint density at radius 1 is 0.929 bits per heavy atom. The summed E-state index contributed by atoms with van der Waals surface area (Å²) >= 11 is -3.99. The fraction of sp³-hybridized carbons (Fsp3) is 0. The van der Waals surface area contributed by atoms with Crippen LogP contribution in [-0.2, 0) is 18.9 Å². The Morgan fingerprint density at radius 3 is 2.21 bits per heavy atom. The summed E-state index contributed by atoms with van der Waals surface area (Å²) in [6, 6.07) is 10.3. The van der Waals surface area contributed by atoms with Crippen molar-refractivity contribution in [2.24, 2.45) is 0 Å². The molecule has 0 spiro atoms. The first-order valence-electron chi connectivity index (χ1n) is 4.20. The van der Waals surface area contributed by atoms with Crippen molar-refractivity contribution in [2.45, 2.75) is 0 Å². The molecule has 2 aromatic rings. The summed E-state index contributed by atoms with van der Waals surface area (Å²) in [4.78, 5) is 0. The molecule has 0 fully saturated rings. The van der Waals surface area contributed by atoms with Gasteiger partial charge in [-0.25, -0.2) is 0 Å². The molecule has 1 heterocycles. The van der Waals surface area contributed by atoms with E-state index < -0.39 is 18.9 Å². The average molecular weight is 228 g/mol. The maximum atomic E-state index is 12.8. The molecule has 2 rings (SSSR count). The van der Waals surface area contributed by atoms with Crippen molar-refractivity contribution in [1.29, 1.82) is 0 Å². The Labute approximate surface area is 88.2 Å². The topological polar surface area (TPSA) is 4.93 Å². The number of benzene rings is 1. The second kappa shape index (κ2) is 4.07. The summed E-state index contributed by atoms with van der Waals surface area (Å²) in [7, 11) is 0. The van der Waals surface area contributed by atoms with Gasteiger partial charge in [-0.2, -0.15) is 0 Å². The zero-order chi connectivity index (χ0) is 9.97. The van der Waals surface area contributed by atoms with Crippen LogP contribution in [0.25, 0.3) is 5.69 Å². The molecule has 0 aliphatic heterocycles. The van der Waals surface area contributed by atoms with Gasteiger partial charge in [0.25, 0.3) is 0 Å². The Hall–Kier alpha value is -0.926. The molecule has 0 aliphatic rings. The third-order valence-corrected chi connectivity index (χ3v) is 3.29. The molecule has 0 saturated carbocycles. The number of nitrogens with zero attached hydrogens (tertiary/aromatic N) is 1. The van der Waals surface area contributed by atoms with E-state index in [1.165, 1.54) is 6.07 Å². The van der Waals surface area contributed by atoms with E-state index in [1.54, 1.807) is 35.2 Å². The van der Waals surface area contributed by atoms with Gasteiger partial charge in [0, 0.05) is 0 Å². The number of aromatic nitrogens is 1. The molecule has 0 bridgehead atoms. The van der Waals surface area contributed by atoms with Gasteiger partial charge in [0.05, 0.1) is 0 Å². The molecule has 0 unspecified atom stereocenters. The van der Waals surface area contributed by atoms with Gasteiger partial charge in [0.1, 0.15) is 0 Å². The number of para-hydroxylation sites is 1. The van der Waals surface area contributed by atoms with E-state index >= 15 is 0 Å². The van der Waals surface area contributed by atoms with E-state index in [4.69, 9.17) is 0 Å².